The van der Waals surface area contributed by atoms with Gasteiger partial charge in [0.2, 0.25) is 0 Å². The van der Waals surface area contributed by atoms with Crippen LogP contribution in [0.5, 0.6) is 0 Å². The van der Waals surface area contributed by atoms with Gasteiger partial charge >= 0.3 is 0 Å². The summed E-state index contributed by atoms with van der Waals surface area (Å²) < 4.78 is 19.3. The maximum absolute atomic E-state index is 13.8. The number of rotatable bonds is 5. The molecule has 0 radical (unpaired) electrons. The second-order valence-corrected chi connectivity index (χ2v) is 4.11. The minimum atomic E-state index is -0.377. The van der Waals surface area contributed by atoms with Crippen LogP contribution in [0.4, 0.5) is 4.39 Å². The molecule has 0 saturated heterocycles. The Bertz CT molecular complexity index is 381. The SMILES string of the molecule is CCC(C)OCc1cccc(C(N)=S)c1F. The average molecular weight is 241 g/mol. The van der Waals surface area contributed by atoms with Crippen LogP contribution in [-0.4, -0.2) is 11.1 Å². The van der Waals surface area contributed by atoms with Crippen LogP contribution in [0.1, 0.15) is 31.4 Å². The Balaban J connectivity index is 2.81. The van der Waals surface area contributed by atoms with Gasteiger partial charge in [0.05, 0.1) is 12.7 Å². The molecule has 0 aliphatic carbocycles. The Morgan fingerprint density at radius 2 is 2.25 bits per heavy atom. The lowest BCUT2D eigenvalue weighted by molar-refractivity contribution is 0.0492. The first-order valence-corrected chi connectivity index (χ1v) is 5.65. The van der Waals surface area contributed by atoms with Gasteiger partial charge in [-0.15, -0.1) is 0 Å². The number of ether oxygens (including phenoxy) is 1. The zero-order chi connectivity index (χ0) is 12.1. The minimum Gasteiger partial charge on any atom is -0.389 e. The maximum atomic E-state index is 13.8. The van der Waals surface area contributed by atoms with Crippen LogP contribution in [-0.2, 0) is 11.3 Å². The summed E-state index contributed by atoms with van der Waals surface area (Å²) in [4.78, 5) is 0.0721. The second-order valence-electron chi connectivity index (χ2n) is 3.67. The molecule has 1 aromatic carbocycles. The van der Waals surface area contributed by atoms with Crippen molar-refractivity contribution >= 4 is 17.2 Å². The number of hydrogen-bond acceptors (Lipinski definition) is 2. The van der Waals surface area contributed by atoms with Crippen molar-refractivity contribution in [1.82, 2.24) is 0 Å². The predicted molar refractivity (Wildman–Crippen MR) is 66.8 cm³/mol. The van der Waals surface area contributed by atoms with E-state index in [-0.39, 0.29) is 29.1 Å². The van der Waals surface area contributed by atoms with Gasteiger partial charge < -0.3 is 10.5 Å². The summed E-state index contributed by atoms with van der Waals surface area (Å²) in [5.74, 6) is -0.377. The molecular formula is C12H16FNOS. The number of halogens is 1. The average Bonchev–Trinajstić information content (AvgIpc) is 2.26. The number of thiocarbonyl (C=S) groups is 1. The van der Waals surface area contributed by atoms with Gasteiger partial charge in [0.1, 0.15) is 10.8 Å². The molecule has 0 heterocycles. The van der Waals surface area contributed by atoms with Crippen molar-refractivity contribution in [2.24, 2.45) is 5.73 Å². The van der Waals surface area contributed by atoms with E-state index in [2.05, 4.69) is 0 Å². The number of nitrogens with two attached hydrogens (primary N) is 1. The van der Waals surface area contributed by atoms with E-state index in [1.54, 1.807) is 18.2 Å². The van der Waals surface area contributed by atoms with Crippen molar-refractivity contribution < 1.29 is 9.13 Å². The van der Waals surface area contributed by atoms with E-state index in [1.807, 2.05) is 13.8 Å². The Kier molecular flexibility index (Phi) is 4.83. The summed E-state index contributed by atoms with van der Waals surface area (Å²) in [6, 6.07) is 4.98. The lowest BCUT2D eigenvalue weighted by Crippen LogP contribution is -2.14. The summed E-state index contributed by atoms with van der Waals surface area (Å²) in [6.07, 6.45) is 1.02. The fourth-order valence-corrected chi connectivity index (χ4v) is 1.39. The quantitative estimate of drug-likeness (QED) is 0.805. The van der Waals surface area contributed by atoms with Crippen molar-refractivity contribution in [3.63, 3.8) is 0 Å². The van der Waals surface area contributed by atoms with E-state index in [0.29, 0.717) is 5.56 Å². The molecule has 2 nitrogen and oxygen atoms in total. The smallest absolute Gasteiger partial charge is 0.138 e. The highest BCUT2D eigenvalue weighted by atomic mass is 32.1. The molecule has 0 fully saturated rings. The lowest BCUT2D eigenvalue weighted by Gasteiger charge is -2.12. The summed E-state index contributed by atoms with van der Waals surface area (Å²) in [5, 5.41) is 0. The van der Waals surface area contributed by atoms with Crippen LogP contribution >= 0.6 is 12.2 Å². The first-order chi connectivity index (χ1) is 7.56. The second kappa shape index (κ2) is 5.92. The number of benzene rings is 1. The monoisotopic (exact) mass is 241 g/mol. The zero-order valence-electron chi connectivity index (χ0n) is 9.50. The van der Waals surface area contributed by atoms with Crippen molar-refractivity contribution in [3.8, 4) is 0 Å². The minimum absolute atomic E-state index is 0.0721. The first kappa shape index (κ1) is 13.1. The van der Waals surface area contributed by atoms with E-state index in [9.17, 15) is 4.39 Å². The van der Waals surface area contributed by atoms with Crippen molar-refractivity contribution in [2.75, 3.05) is 0 Å². The highest BCUT2D eigenvalue weighted by Crippen LogP contribution is 2.15. The largest absolute Gasteiger partial charge is 0.389 e. The van der Waals surface area contributed by atoms with E-state index >= 15 is 0 Å². The highest BCUT2D eigenvalue weighted by Gasteiger charge is 2.10. The Hall–Kier alpha value is -1.00. The van der Waals surface area contributed by atoms with Gasteiger partial charge in [0.15, 0.2) is 0 Å². The molecule has 4 heteroatoms. The van der Waals surface area contributed by atoms with Crippen LogP contribution in [0.2, 0.25) is 0 Å². The molecule has 88 valence electrons. The maximum Gasteiger partial charge on any atom is 0.138 e. The third kappa shape index (κ3) is 3.25. The van der Waals surface area contributed by atoms with Crippen molar-refractivity contribution in [2.45, 2.75) is 33.0 Å². The zero-order valence-corrected chi connectivity index (χ0v) is 10.3. The van der Waals surface area contributed by atoms with Gasteiger partial charge in [-0.25, -0.2) is 4.39 Å². The van der Waals surface area contributed by atoms with Gasteiger partial charge in [-0.3, -0.25) is 0 Å². The molecule has 0 aliphatic heterocycles. The van der Waals surface area contributed by atoms with E-state index in [4.69, 9.17) is 22.7 Å². The van der Waals surface area contributed by atoms with Crippen LogP contribution < -0.4 is 5.73 Å². The molecule has 0 aromatic heterocycles. The summed E-state index contributed by atoms with van der Waals surface area (Å²) in [7, 11) is 0. The molecule has 1 rings (SSSR count). The molecule has 1 aromatic rings. The van der Waals surface area contributed by atoms with Crippen LogP contribution in [0.25, 0.3) is 0 Å². The normalized spacial score (nSPS) is 12.4. The molecule has 2 N–H and O–H groups in total. The molecule has 0 aliphatic rings. The van der Waals surface area contributed by atoms with Gasteiger partial charge in [-0.2, -0.15) is 0 Å². The van der Waals surface area contributed by atoms with Gasteiger partial charge in [-0.1, -0.05) is 31.3 Å². The van der Waals surface area contributed by atoms with Crippen LogP contribution in [0.3, 0.4) is 0 Å². The molecule has 1 unspecified atom stereocenters. The van der Waals surface area contributed by atoms with E-state index < -0.39 is 0 Å². The van der Waals surface area contributed by atoms with Crippen LogP contribution in [0, 0.1) is 5.82 Å². The first-order valence-electron chi connectivity index (χ1n) is 5.25. The number of hydrogen-bond donors (Lipinski definition) is 1. The Morgan fingerprint density at radius 3 is 2.81 bits per heavy atom. The molecule has 1 atom stereocenters. The molecular weight excluding hydrogens is 225 g/mol. The van der Waals surface area contributed by atoms with Crippen molar-refractivity contribution in [1.29, 1.82) is 0 Å². The standard InChI is InChI=1S/C12H16FNOS/c1-3-8(2)15-7-9-5-4-6-10(11(9)13)12(14)16/h4-6,8H,3,7H2,1-2H3,(H2,14,16). The topological polar surface area (TPSA) is 35.2 Å². The van der Waals surface area contributed by atoms with Crippen LogP contribution in [0.15, 0.2) is 18.2 Å². The summed E-state index contributed by atoms with van der Waals surface area (Å²) >= 11 is 4.76. The Morgan fingerprint density at radius 1 is 1.56 bits per heavy atom. The molecule has 16 heavy (non-hydrogen) atoms. The lowest BCUT2D eigenvalue weighted by atomic mass is 10.1. The van der Waals surface area contributed by atoms with Gasteiger partial charge in [-0.05, 0) is 19.4 Å². The highest BCUT2D eigenvalue weighted by molar-refractivity contribution is 7.80. The summed E-state index contributed by atoms with van der Waals surface area (Å²) in [6.45, 7) is 4.22. The van der Waals surface area contributed by atoms with E-state index in [0.717, 1.165) is 6.42 Å². The predicted octanol–water partition coefficient (Wildman–Crippen LogP) is 2.78. The van der Waals surface area contributed by atoms with Gasteiger partial charge in [0, 0.05) is 11.1 Å². The fraction of sp³-hybridized carbons (Fsp3) is 0.417. The third-order valence-corrected chi connectivity index (χ3v) is 2.66. The molecule has 0 spiro atoms. The third-order valence-electron chi connectivity index (χ3n) is 2.44. The molecule has 0 saturated carbocycles. The van der Waals surface area contributed by atoms with Gasteiger partial charge in [0.25, 0.3) is 0 Å². The van der Waals surface area contributed by atoms with Crippen molar-refractivity contribution in [3.05, 3.63) is 35.1 Å². The molecule has 0 bridgehead atoms. The van der Waals surface area contributed by atoms with E-state index in [1.165, 1.54) is 0 Å². The molecule has 0 amide bonds. The Labute approximate surface area is 101 Å². The fourth-order valence-electron chi connectivity index (χ4n) is 1.23. The summed E-state index contributed by atoms with van der Waals surface area (Å²) in [5.41, 5.74) is 6.19.